The second-order valence-corrected chi connectivity index (χ2v) is 5.10. The normalized spacial score (nSPS) is 10.9. The molecule has 2 N–H and O–H groups in total. The van der Waals surface area contributed by atoms with Crippen LogP contribution >= 0.6 is 0 Å². The van der Waals surface area contributed by atoms with Crippen molar-refractivity contribution in [1.29, 1.82) is 0 Å². The van der Waals surface area contributed by atoms with E-state index in [2.05, 4.69) is 24.2 Å². The highest BCUT2D eigenvalue weighted by Crippen LogP contribution is 2.21. The number of nitrogen functional groups attached to an aromatic ring is 1. The van der Waals surface area contributed by atoms with Crippen molar-refractivity contribution >= 4 is 5.69 Å². The maximum Gasteiger partial charge on any atom is 0.0919 e. The zero-order chi connectivity index (χ0) is 14.5. The highest BCUT2D eigenvalue weighted by atomic mass is 16.5. The first-order chi connectivity index (χ1) is 9.65. The number of aryl methyl sites for hydroxylation is 1. The van der Waals surface area contributed by atoms with Gasteiger partial charge in [-0.1, -0.05) is 25.5 Å². The minimum absolute atomic E-state index is 0.557. The van der Waals surface area contributed by atoms with Crippen molar-refractivity contribution in [2.75, 3.05) is 12.8 Å². The van der Waals surface area contributed by atoms with Gasteiger partial charge in [0.1, 0.15) is 0 Å². The minimum Gasteiger partial charge on any atom is -0.399 e. The number of rotatable bonds is 6. The Morgan fingerprint density at radius 1 is 1.25 bits per heavy atom. The molecule has 0 aliphatic carbocycles. The summed E-state index contributed by atoms with van der Waals surface area (Å²) in [6.45, 7) is 2.75. The number of aromatic nitrogens is 2. The molecule has 1 aromatic carbocycles. The molecule has 108 valence electrons. The van der Waals surface area contributed by atoms with Crippen LogP contribution in [0, 0.1) is 0 Å². The van der Waals surface area contributed by atoms with E-state index in [0.29, 0.717) is 6.61 Å². The van der Waals surface area contributed by atoms with E-state index in [-0.39, 0.29) is 0 Å². The summed E-state index contributed by atoms with van der Waals surface area (Å²) < 4.78 is 7.27. The number of hydrogen-bond donors (Lipinski definition) is 1. The topological polar surface area (TPSA) is 53.1 Å². The first-order valence-electron chi connectivity index (χ1n) is 7.02. The molecule has 0 aliphatic rings. The fourth-order valence-corrected chi connectivity index (χ4v) is 2.51. The Hall–Kier alpha value is -1.81. The molecule has 0 bridgehead atoms. The molecule has 1 heterocycles. The smallest absolute Gasteiger partial charge is 0.0919 e. The lowest BCUT2D eigenvalue weighted by Crippen LogP contribution is -2.01. The lowest BCUT2D eigenvalue weighted by molar-refractivity contribution is 0.180. The predicted octanol–water partition coefficient (Wildman–Crippen LogP) is 2.69. The van der Waals surface area contributed by atoms with Gasteiger partial charge in [-0.05, 0) is 24.1 Å². The Morgan fingerprint density at radius 2 is 1.95 bits per heavy atom. The monoisotopic (exact) mass is 273 g/mol. The number of methoxy groups -OCH3 is 1. The van der Waals surface area contributed by atoms with Crippen LogP contribution in [0.25, 0.3) is 0 Å². The van der Waals surface area contributed by atoms with E-state index in [0.717, 1.165) is 30.6 Å². The lowest BCUT2D eigenvalue weighted by atomic mass is 10.0. The number of nitrogens with zero attached hydrogens (tertiary/aromatic N) is 2. The minimum atomic E-state index is 0.557. The Kier molecular flexibility index (Phi) is 4.79. The van der Waals surface area contributed by atoms with Gasteiger partial charge in [0.05, 0.1) is 12.3 Å². The van der Waals surface area contributed by atoms with Crippen LogP contribution in [0.15, 0.2) is 24.3 Å². The summed E-state index contributed by atoms with van der Waals surface area (Å²) in [4.78, 5) is 0. The molecule has 0 fully saturated rings. The van der Waals surface area contributed by atoms with E-state index in [1.54, 1.807) is 7.11 Å². The molecule has 0 amide bonds. The summed E-state index contributed by atoms with van der Waals surface area (Å²) in [6, 6.07) is 8.05. The summed E-state index contributed by atoms with van der Waals surface area (Å²) in [5, 5.41) is 4.60. The highest BCUT2D eigenvalue weighted by molar-refractivity contribution is 5.41. The fourth-order valence-electron chi connectivity index (χ4n) is 2.51. The molecular formula is C16H23N3O. The molecule has 2 rings (SSSR count). The maximum absolute atomic E-state index is 5.74. The Morgan fingerprint density at radius 3 is 2.55 bits per heavy atom. The van der Waals surface area contributed by atoms with Crippen LogP contribution in [-0.2, 0) is 31.2 Å². The highest BCUT2D eigenvalue weighted by Gasteiger charge is 2.15. The summed E-state index contributed by atoms with van der Waals surface area (Å²) in [6.07, 6.45) is 3.03. The van der Waals surface area contributed by atoms with Crippen LogP contribution in [0.1, 0.15) is 35.9 Å². The van der Waals surface area contributed by atoms with E-state index < -0.39 is 0 Å². The first kappa shape index (κ1) is 14.6. The van der Waals surface area contributed by atoms with Gasteiger partial charge in [-0.3, -0.25) is 4.68 Å². The molecular weight excluding hydrogens is 250 g/mol. The number of hydrogen-bond acceptors (Lipinski definition) is 3. The van der Waals surface area contributed by atoms with Crippen molar-refractivity contribution in [2.45, 2.75) is 32.8 Å². The standard InChI is InChI=1S/C16H23N3O/c1-4-5-16-14(15(11-20-3)18-19(16)2)10-12-6-8-13(17)9-7-12/h6-9H,4-5,10-11,17H2,1-3H3. The third-order valence-corrected chi connectivity index (χ3v) is 3.49. The van der Waals surface area contributed by atoms with Gasteiger partial charge in [0.15, 0.2) is 0 Å². The largest absolute Gasteiger partial charge is 0.399 e. The third-order valence-electron chi connectivity index (χ3n) is 3.49. The van der Waals surface area contributed by atoms with Crippen molar-refractivity contribution < 1.29 is 4.74 Å². The second kappa shape index (κ2) is 6.57. The molecule has 20 heavy (non-hydrogen) atoms. The molecule has 0 saturated heterocycles. The van der Waals surface area contributed by atoms with E-state index in [1.165, 1.54) is 16.8 Å². The Bertz CT molecular complexity index is 558. The van der Waals surface area contributed by atoms with Crippen molar-refractivity contribution in [3.05, 3.63) is 46.8 Å². The third kappa shape index (κ3) is 3.20. The predicted molar refractivity (Wildman–Crippen MR) is 81.6 cm³/mol. The zero-order valence-electron chi connectivity index (χ0n) is 12.5. The van der Waals surface area contributed by atoms with Crippen LogP contribution < -0.4 is 5.73 Å². The lowest BCUT2D eigenvalue weighted by Gasteiger charge is -2.07. The summed E-state index contributed by atoms with van der Waals surface area (Å²) in [7, 11) is 3.72. The van der Waals surface area contributed by atoms with Crippen LogP contribution in [0.3, 0.4) is 0 Å². The van der Waals surface area contributed by atoms with Gasteiger partial charge in [0, 0.05) is 37.5 Å². The average Bonchev–Trinajstić information content (AvgIpc) is 2.71. The van der Waals surface area contributed by atoms with Crippen LogP contribution in [0.5, 0.6) is 0 Å². The molecule has 0 saturated carbocycles. The molecule has 0 spiro atoms. The fraction of sp³-hybridized carbons (Fsp3) is 0.438. The van der Waals surface area contributed by atoms with Crippen molar-refractivity contribution in [2.24, 2.45) is 7.05 Å². The maximum atomic E-state index is 5.74. The van der Waals surface area contributed by atoms with Crippen molar-refractivity contribution in [1.82, 2.24) is 9.78 Å². The van der Waals surface area contributed by atoms with E-state index in [1.807, 2.05) is 23.9 Å². The van der Waals surface area contributed by atoms with Crippen molar-refractivity contribution in [3.63, 3.8) is 0 Å². The first-order valence-corrected chi connectivity index (χ1v) is 7.02. The Labute approximate surface area is 120 Å². The molecule has 0 atom stereocenters. The Balaban J connectivity index is 2.34. The number of benzene rings is 1. The number of anilines is 1. The average molecular weight is 273 g/mol. The molecule has 4 heteroatoms. The van der Waals surface area contributed by atoms with Crippen molar-refractivity contribution in [3.8, 4) is 0 Å². The van der Waals surface area contributed by atoms with Gasteiger partial charge in [-0.25, -0.2) is 0 Å². The summed E-state index contributed by atoms with van der Waals surface area (Å²) in [5.74, 6) is 0. The quantitative estimate of drug-likeness (QED) is 0.823. The van der Waals surface area contributed by atoms with Gasteiger partial charge >= 0.3 is 0 Å². The van der Waals surface area contributed by atoms with Crippen LogP contribution in [0.2, 0.25) is 0 Å². The van der Waals surface area contributed by atoms with E-state index >= 15 is 0 Å². The van der Waals surface area contributed by atoms with Crippen LogP contribution in [-0.4, -0.2) is 16.9 Å². The van der Waals surface area contributed by atoms with Gasteiger partial charge in [-0.2, -0.15) is 5.10 Å². The number of nitrogens with two attached hydrogens (primary N) is 1. The SMILES string of the molecule is CCCc1c(Cc2ccc(N)cc2)c(COC)nn1C. The number of ether oxygens (including phenoxy) is 1. The molecule has 0 unspecified atom stereocenters. The van der Waals surface area contributed by atoms with Gasteiger partial charge in [-0.15, -0.1) is 0 Å². The zero-order valence-corrected chi connectivity index (χ0v) is 12.5. The second-order valence-electron chi connectivity index (χ2n) is 5.10. The van der Waals surface area contributed by atoms with E-state index in [9.17, 15) is 0 Å². The molecule has 2 aromatic rings. The summed E-state index contributed by atoms with van der Waals surface area (Å²) in [5.41, 5.74) is 11.4. The van der Waals surface area contributed by atoms with Gasteiger partial charge in [0.25, 0.3) is 0 Å². The van der Waals surface area contributed by atoms with Gasteiger partial charge < -0.3 is 10.5 Å². The van der Waals surface area contributed by atoms with E-state index in [4.69, 9.17) is 10.5 Å². The molecule has 4 nitrogen and oxygen atoms in total. The molecule has 0 aliphatic heterocycles. The van der Waals surface area contributed by atoms with Crippen LogP contribution in [0.4, 0.5) is 5.69 Å². The molecule has 1 aromatic heterocycles. The van der Waals surface area contributed by atoms with Gasteiger partial charge in [0.2, 0.25) is 0 Å². The molecule has 0 radical (unpaired) electrons. The summed E-state index contributed by atoms with van der Waals surface area (Å²) >= 11 is 0.